The Morgan fingerprint density at radius 1 is 1.34 bits per heavy atom. The van der Waals surface area contributed by atoms with Crippen LogP contribution in [0.1, 0.15) is 31.9 Å². The molecule has 1 aliphatic heterocycles. The van der Waals surface area contributed by atoms with E-state index in [1.54, 1.807) is 13.2 Å². The molecule has 166 valence electrons. The standard InChI is InChI=1S/C18H31N5O4S.HI/c1-3-19-17(20-15-18(5-6-18)7-13-26-2)22-8-10-23(11-9-22)28(24,25)14-16-4-12-27-21-16;/h4,12H,3,5-11,13-15H2,1-2H3,(H,19,20);1H. The number of hydrogen-bond donors (Lipinski definition) is 1. The maximum absolute atomic E-state index is 12.6. The van der Waals surface area contributed by atoms with Crippen molar-refractivity contribution in [1.29, 1.82) is 0 Å². The fourth-order valence-electron chi connectivity index (χ4n) is 3.42. The van der Waals surface area contributed by atoms with Crippen LogP contribution in [0.2, 0.25) is 0 Å². The number of piperazine rings is 1. The summed E-state index contributed by atoms with van der Waals surface area (Å²) in [5, 5.41) is 7.06. The molecule has 29 heavy (non-hydrogen) atoms. The van der Waals surface area contributed by atoms with Gasteiger partial charge in [0.1, 0.15) is 12.0 Å². The minimum atomic E-state index is -3.39. The van der Waals surface area contributed by atoms with Crippen LogP contribution in [0.25, 0.3) is 0 Å². The number of nitrogens with one attached hydrogen (secondary N) is 1. The van der Waals surface area contributed by atoms with Gasteiger partial charge in [-0.2, -0.15) is 4.31 Å². The number of nitrogens with zero attached hydrogens (tertiary/aromatic N) is 4. The molecule has 2 heterocycles. The summed E-state index contributed by atoms with van der Waals surface area (Å²) in [6.45, 7) is 6.53. The predicted molar refractivity (Wildman–Crippen MR) is 122 cm³/mol. The van der Waals surface area contributed by atoms with Crippen LogP contribution in [-0.4, -0.2) is 81.7 Å². The molecule has 11 heteroatoms. The monoisotopic (exact) mass is 541 g/mol. The number of halogens is 1. The van der Waals surface area contributed by atoms with Crippen LogP contribution in [0.4, 0.5) is 0 Å². The number of aromatic nitrogens is 1. The summed E-state index contributed by atoms with van der Waals surface area (Å²) in [7, 11) is -1.66. The largest absolute Gasteiger partial charge is 0.385 e. The topological polar surface area (TPSA) is 100 Å². The zero-order valence-corrected chi connectivity index (χ0v) is 20.3. The van der Waals surface area contributed by atoms with E-state index >= 15 is 0 Å². The van der Waals surface area contributed by atoms with Crippen LogP contribution < -0.4 is 5.32 Å². The van der Waals surface area contributed by atoms with Crippen LogP contribution >= 0.6 is 24.0 Å². The number of guanidine groups is 1. The van der Waals surface area contributed by atoms with E-state index in [1.807, 2.05) is 6.92 Å². The van der Waals surface area contributed by atoms with Gasteiger partial charge >= 0.3 is 0 Å². The zero-order chi connectivity index (χ0) is 20.0. The van der Waals surface area contributed by atoms with Gasteiger partial charge in [0.05, 0.1) is 5.69 Å². The van der Waals surface area contributed by atoms with Gasteiger partial charge in [0, 0.05) is 59.1 Å². The summed E-state index contributed by atoms with van der Waals surface area (Å²) in [4.78, 5) is 7.01. The van der Waals surface area contributed by atoms with Crippen LogP contribution in [0.5, 0.6) is 0 Å². The highest BCUT2D eigenvalue weighted by molar-refractivity contribution is 14.0. The highest BCUT2D eigenvalue weighted by atomic mass is 127. The van der Waals surface area contributed by atoms with Gasteiger partial charge in [0.2, 0.25) is 10.0 Å². The van der Waals surface area contributed by atoms with Crippen molar-refractivity contribution in [2.24, 2.45) is 10.4 Å². The Labute approximate surface area is 190 Å². The van der Waals surface area contributed by atoms with E-state index in [0.29, 0.717) is 37.3 Å². The van der Waals surface area contributed by atoms with Crippen molar-refractivity contribution in [2.75, 3.05) is 53.0 Å². The second-order valence-electron chi connectivity index (χ2n) is 7.55. The van der Waals surface area contributed by atoms with E-state index in [4.69, 9.17) is 14.3 Å². The molecule has 1 aliphatic carbocycles. The molecule has 0 unspecified atom stereocenters. The molecule has 1 saturated carbocycles. The first-order valence-electron chi connectivity index (χ1n) is 9.87. The lowest BCUT2D eigenvalue weighted by atomic mass is 10.0. The predicted octanol–water partition coefficient (Wildman–Crippen LogP) is 1.52. The number of methoxy groups -OCH3 is 1. The molecule has 3 rings (SSSR count). The van der Waals surface area contributed by atoms with Crippen molar-refractivity contribution >= 4 is 40.0 Å². The summed E-state index contributed by atoms with van der Waals surface area (Å²) in [5.74, 6) is 0.749. The Balaban J connectivity index is 0.00000300. The SMILES string of the molecule is CCNC(=NCC1(CCOC)CC1)N1CCN(S(=O)(=O)Cc2ccon2)CC1.I. The van der Waals surface area contributed by atoms with E-state index in [0.717, 1.165) is 32.1 Å². The van der Waals surface area contributed by atoms with Crippen molar-refractivity contribution < 1.29 is 17.7 Å². The molecule has 1 saturated heterocycles. The first-order valence-corrected chi connectivity index (χ1v) is 11.5. The van der Waals surface area contributed by atoms with Gasteiger partial charge in [-0.05, 0) is 31.6 Å². The molecule has 0 spiro atoms. The molecule has 0 amide bonds. The number of aliphatic imine (C=N–C) groups is 1. The van der Waals surface area contributed by atoms with E-state index < -0.39 is 10.0 Å². The summed E-state index contributed by atoms with van der Waals surface area (Å²) < 4.78 is 36.7. The third-order valence-corrected chi connectivity index (χ3v) is 7.26. The fourth-order valence-corrected chi connectivity index (χ4v) is 4.84. The van der Waals surface area contributed by atoms with Crippen molar-refractivity contribution in [1.82, 2.24) is 19.7 Å². The molecule has 2 fully saturated rings. The Hall–Kier alpha value is -0.920. The van der Waals surface area contributed by atoms with Crippen LogP contribution in [0, 0.1) is 5.41 Å². The van der Waals surface area contributed by atoms with Crippen molar-refractivity contribution in [3.8, 4) is 0 Å². The van der Waals surface area contributed by atoms with Gasteiger partial charge in [-0.15, -0.1) is 24.0 Å². The van der Waals surface area contributed by atoms with Crippen molar-refractivity contribution in [3.63, 3.8) is 0 Å². The fraction of sp³-hybridized carbons (Fsp3) is 0.778. The minimum Gasteiger partial charge on any atom is -0.385 e. The molecule has 2 aliphatic rings. The zero-order valence-electron chi connectivity index (χ0n) is 17.2. The molecule has 1 aromatic rings. The molecule has 1 aromatic heterocycles. The van der Waals surface area contributed by atoms with Crippen molar-refractivity contribution in [3.05, 3.63) is 18.0 Å². The molecule has 0 bridgehead atoms. The highest BCUT2D eigenvalue weighted by Gasteiger charge is 2.42. The summed E-state index contributed by atoms with van der Waals surface area (Å²) >= 11 is 0. The Bertz CT molecular complexity index is 744. The number of hydrogen-bond acceptors (Lipinski definition) is 6. The van der Waals surface area contributed by atoms with Crippen molar-refractivity contribution in [2.45, 2.75) is 31.9 Å². The maximum Gasteiger partial charge on any atom is 0.220 e. The molecule has 9 nitrogen and oxygen atoms in total. The molecule has 0 aromatic carbocycles. The van der Waals surface area contributed by atoms with Gasteiger partial charge < -0.3 is 19.5 Å². The highest BCUT2D eigenvalue weighted by Crippen LogP contribution is 2.49. The lowest BCUT2D eigenvalue weighted by molar-refractivity contribution is 0.173. The summed E-state index contributed by atoms with van der Waals surface area (Å²) in [5.41, 5.74) is 0.725. The van der Waals surface area contributed by atoms with Crippen LogP contribution in [0.15, 0.2) is 21.8 Å². The lowest BCUT2D eigenvalue weighted by Crippen LogP contribution is -2.54. The number of rotatable bonds is 9. The summed E-state index contributed by atoms with van der Waals surface area (Å²) in [6.07, 6.45) is 4.84. The summed E-state index contributed by atoms with van der Waals surface area (Å²) in [6, 6.07) is 1.58. The number of sulfonamides is 1. The van der Waals surface area contributed by atoms with Gasteiger partial charge in [0.25, 0.3) is 0 Å². The Kier molecular flexibility index (Phi) is 9.16. The third kappa shape index (κ3) is 6.79. The van der Waals surface area contributed by atoms with E-state index in [2.05, 4.69) is 15.4 Å². The van der Waals surface area contributed by atoms with Gasteiger partial charge in [-0.1, -0.05) is 5.16 Å². The molecule has 0 atom stereocenters. The van der Waals surface area contributed by atoms with E-state index in [9.17, 15) is 8.42 Å². The smallest absolute Gasteiger partial charge is 0.220 e. The van der Waals surface area contributed by atoms with E-state index in [1.165, 1.54) is 23.4 Å². The van der Waals surface area contributed by atoms with Crippen LogP contribution in [-0.2, 0) is 20.5 Å². The average molecular weight is 541 g/mol. The molecular formula is C18H32IN5O4S. The molecular weight excluding hydrogens is 509 g/mol. The van der Waals surface area contributed by atoms with Gasteiger partial charge in [0.15, 0.2) is 5.96 Å². The minimum absolute atomic E-state index is 0. The second-order valence-corrected chi connectivity index (χ2v) is 9.51. The quantitative estimate of drug-likeness (QED) is 0.288. The molecule has 1 N–H and O–H groups in total. The first kappa shape index (κ1) is 24.4. The van der Waals surface area contributed by atoms with Gasteiger partial charge in [-0.3, -0.25) is 4.99 Å². The Morgan fingerprint density at radius 3 is 2.62 bits per heavy atom. The van der Waals surface area contributed by atoms with Gasteiger partial charge in [-0.25, -0.2) is 8.42 Å². The normalized spacial score (nSPS) is 19.7. The first-order chi connectivity index (χ1) is 13.5. The average Bonchev–Trinajstić information content (AvgIpc) is 3.29. The van der Waals surface area contributed by atoms with E-state index in [-0.39, 0.29) is 29.7 Å². The Morgan fingerprint density at radius 2 is 2.07 bits per heavy atom. The van der Waals surface area contributed by atoms with Crippen LogP contribution in [0.3, 0.4) is 0 Å². The number of ether oxygens (including phenoxy) is 1. The second kappa shape index (κ2) is 10.9. The third-order valence-electron chi connectivity index (χ3n) is 5.45. The lowest BCUT2D eigenvalue weighted by Gasteiger charge is -2.36. The molecule has 0 radical (unpaired) electrons. The maximum atomic E-state index is 12.6.